The average molecular weight is 274 g/mol. The second-order valence-corrected chi connectivity index (χ2v) is 4.93. The first-order valence-electron chi connectivity index (χ1n) is 6.79. The first kappa shape index (κ1) is 14.4. The van der Waals surface area contributed by atoms with Gasteiger partial charge in [0.2, 0.25) is 0 Å². The molecule has 20 heavy (non-hydrogen) atoms. The number of ether oxygens (including phenoxy) is 1. The number of para-hydroxylation sites is 2. The largest absolute Gasteiger partial charge is 0.491 e. The number of nitrogens with two attached hydrogens (primary N) is 1. The molecule has 2 aromatic rings. The van der Waals surface area contributed by atoms with Gasteiger partial charge in [-0.15, -0.1) is 0 Å². The second-order valence-electron chi connectivity index (χ2n) is 4.93. The molecule has 2 rings (SSSR count). The summed E-state index contributed by atoms with van der Waals surface area (Å²) in [5, 5.41) is 0. The molecule has 108 valence electrons. The Morgan fingerprint density at radius 3 is 2.85 bits per heavy atom. The maximum Gasteiger partial charge on any atom is 0.142 e. The Labute approximate surface area is 120 Å². The van der Waals surface area contributed by atoms with Gasteiger partial charge in [-0.1, -0.05) is 12.1 Å². The van der Waals surface area contributed by atoms with E-state index in [1.54, 1.807) is 0 Å². The molecule has 5 nitrogen and oxygen atoms in total. The van der Waals surface area contributed by atoms with Crippen molar-refractivity contribution in [2.45, 2.75) is 13.0 Å². The number of aryl methyl sites for hydroxylation is 1. The molecule has 0 bridgehead atoms. The predicted octanol–water partition coefficient (Wildman–Crippen LogP) is 1.90. The van der Waals surface area contributed by atoms with Crippen LogP contribution in [0.3, 0.4) is 0 Å². The molecule has 2 N–H and O–H groups in total. The summed E-state index contributed by atoms with van der Waals surface area (Å²) in [5.41, 5.74) is 6.51. The highest BCUT2D eigenvalue weighted by atomic mass is 16.5. The van der Waals surface area contributed by atoms with Crippen LogP contribution in [0.1, 0.15) is 12.2 Å². The van der Waals surface area contributed by atoms with Crippen LogP contribution in [0.4, 0.5) is 5.69 Å². The van der Waals surface area contributed by atoms with Gasteiger partial charge in [0.05, 0.1) is 18.8 Å². The summed E-state index contributed by atoms with van der Waals surface area (Å²) in [6, 6.07) is 7.58. The predicted molar refractivity (Wildman–Crippen MR) is 80.5 cm³/mol. The minimum absolute atomic E-state index is 0.666. The molecule has 1 heterocycles. The van der Waals surface area contributed by atoms with Crippen LogP contribution >= 0.6 is 0 Å². The van der Waals surface area contributed by atoms with Gasteiger partial charge in [-0.3, -0.25) is 4.90 Å². The molecule has 0 radical (unpaired) electrons. The normalized spacial score (nSPS) is 10.9. The summed E-state index contributed by atoms with van der Waals surface area (Å²) in [6.45, 7) is 2.47. The molecular formula is C15H22N4O. The van der Waals surface area contributed by atoms with E-state index in [-0.39, 0.29) is 0 Å². The number of rotatable bonds is 7. The number of imidazole rings is 1. The first-order valence-corrected chi connectivity index (χ1v) is 6.79. The van der Waals surface area contributed by atoms with E-state index < -0.39 is 0 Å². The van der Waals surface area contributed by atoms with Crippen LogP contribution < -0.4 is 10.5 Å². The summed E-state index contributed by atoms with van der Waals surface area (Å²) in [6.07, 6.45) is 4.74. The van der Waals surface area contributed by atoms with E-state index in [4.69, 9.17) is 10.5 Å². The van der Waals surface area contributed by atoms with E-state index in [9.17, 15) is 0 Å². The molecule has 0 spiro atoms. The SMILES string of the molecule is CN(CCCOc1ccccc1N)Cc1nccn1C. The lowest BCUT2D eigenvalue weighted by atomic mass is 10.3. The minimum Gasteiger partial charge on any atom is -0.491 e. The smallest absolute Gasteiger partial charge is 0.142 e. The number of aromatic nitrogens is 2. The van der Waals surface area contributed by atoms with E-state index >= 15 is 0 Å². The Hall–Kier alpha value is -2.01. The van der Waals surface area contributed by atoms with Gasteiger partial charge in [-0.2, -0.15) is 0 Å². The zero-order valence-corrected chi connectivity index (χ0v) is 12.1. The maximum atomic E-state index is 5.82. The Balaban J connectivity index is 1.68. The number of nitrogen functional groups attached to an aromatic ring is 1. The van der Waals surface area contributed by atoms with Gasteiger partial charge in [-0.25, -0.2) is 4.98 Å². The van der Waals surface area contributed by atoms with Crippen LogP contribution in [0.15, 0.2) is 36.7 Å². The number of hydrogen-bond donors (Lipinski definition) is 1. The molecule has 0 unspecified atom stereocenters. The Kier molecular flexibility index (Phi) is 5.01. The molecule has 0 aliphatic heterocycles. The van der Waals surface area contributed by atoms with E-state index in [0.29, 0.717) is 12.3 Å². The fourth-order valence-corrected chi connectivity index (χ4v) is 2.00. The molecule has 0 saturated carbocycles. The third-order valence-electron chi connectivity index (χ3n) is 3.19. The summed E-state index contributed by atoms with van der Waals surface area (Å²) in [5.74, 6) is 1.83. The highest BCUT2D eigenvalue weighted by Crippen LogP contribution is 2.19. The van der Waals surface area contributed by atoms with Gasteiger partial charge in [0, 0.05) is 26.0 Å². The topological polar surface area (TPSA) is 56.3 Å². The van der Waals surface area contributed by atoms with Gasteiger partial charge >= 0.3 is 0 Å². The van der Waals surface area contributed by atoms with Crippen molar-refractivity contribution in [2.75, 3.05) is 25.9 Å². The highest BCUT2D eigenvalue weighted by Gasteiger charge is 2.04. The van der Waals surface area contributed by atoms with Crippen molar-refractivity contribution in [3.05, 3.63) is 42.5 Å². The fraction of sp³-hybridized carbons (Fsp3) is 0.400. The molecule has 5 heteroatoms. The van der Waals surface area contributed by atoms with Crippen molar-refractivity contribution < 1.29 is 4.74 Å². The lowest BCUT2D eigenvalue weighted by molar-refractivity contribution is 0.255. The molecule has 0 aliphatic carbocycles. The van der Waals surface area contributed by atoms with Crippen LogP contribution in [-0.2, 0) is 13.6 Å². The third kappa shape index (κ3) is 3.99. The number of nitrogens with zero attached hydrogens (tertiary/aromatic N) is 3. The summed E-state index contributed by atoms with van der Waals surface area (Å²) < 4.78 is 7.71. The number of hydrogen-bond acceptors (Lipinski definition) is 4. The van der Waals surface area contributed by atoms with E-state index in [2.05, 4.69) is 16.9 Å². The van der Waals surface area contributed by atoms with Crippen LogP contribution in [-0.4, -0.2) is 34.7 Å². The second kappa shape index (κ2) is 6.96. The van der Waals surface area contributed by atoms with Crippen molar-refractivity contribution in [3.63, 3.8) is 0 Å². The molecule has 1 aromatic heterocycles. The first-order chi connectivity index (χ1) is 9.66. The molecule has 0 aliphatic rings. The summed E-state index contributed by atoms with van der Waals surface area (Å²) >= 11 is 0. The lowest BCUT2D eigenvalue weighted by Gasteiger charge is -2.16. The van der Waals surface area contributed by atoms with Crippen LogP contribution in [0.25, 0.3) is 0 Å². The van der Waals surface area contributed by atoms with Crippen molar-refractivity contribution in [1.82, 2.24) is 14.5 Å². The monoisotopic (exact) mass is 274 g/mol. The quantitative estimate of drug-likeness (QED) is 0.619. The molecule has 1 aromatic carbocycles. The van der Waals surface area contributed by atoms with Crippen molar-refractivity contribution in [3.8, 4) is 5.75 Å². The van der Waals surface area contributed by atoms with Crippen molar-refractivity contribution in [2.24, 2.45) is 7.05 Å². The van der Waals surface area contributed by atoms with Crippen molar-refractivity contribution in [1.29, 1.82) is 0 Å². The van der Waals surface area contributed by atoms with Gasteiger partial charge < -0.3 is 15.0 Å². The number of benzene rings is 1. The van der Waals surface area contributed by atoms with Crippen molar-refractivity contribution >= 4 is 5.69 Å². The van der Waals surface area contributed by atoms with E-state index in [0.717, 1.165) is 31.1 Å². The fourth-order valence-electron chi connectivity index (χ4n) is 2.00. The van der Waals surface area contributed by atoms with Gasteiger partial charge in [-0.05, 0) is 25.6 Å². The standard InChI is InChI=1S/C15H22N4O/c1-18(12-15-17-8-10-19(15)2)9-5-11-20-14-7-4-3-6-13(14)16/h3-4,6-8,10H,5,9,11-12,16H2,1-2H3. The Morgan fingerprint density at radius 1 is 1.35 bits per heavy atom. The molecular weight excluding hydrogens is 252 g/mol. The zero-order chi connectivity index (χ0) is 14.4. The van der Waals surface area contributed by atoms with Crippen LogP contribution in [0, 0.1) is 0 Å². The van der Waals surface area contributed by atoms with Crippen LogP contribution in [0.5, 0.6) is 5.75 Å². The van der Waals surface area contributed by atoms with Gasteiger partial charge in [0.25, 0.3) is 0 Å². The molecule has 0 saturated heterocycles. The summed E-state index contributed by atoms with van der Waals surface area (Å²) in [4.78, 5) is 6.55. The Bertz CT molecular complexity index is 538. The third-order valence-corrected chi connectivity index (χ3v) is 3.19. The molecule has 0 amide bonds. The van der Waals surface area contributed by atoms with E-state index in [1.807, 2.05) is 48.3 Å². The maximum absolute atomic E-state index is 5.82. The summed E-state index contributed by atoms with van der Waals surface area (Å²) in [7, 11) is 4.10. The van der Waals surface area contributed by atoms with Crippen LogP contribution in [0.2, 0.25) is 0 Å². The average Bonchev–Trinajstić information content (AvgIpc) is 2.82. The minimum atomic E-state index is 0.666. The lowest BCUT2D eigenvalue weighted by Crippen LogP contribution is -2.22. The molecule has 0 fully saturated rings. The number of anilines is 1. The van der Waals surface area contributed by atoms with Gasteiger partial charge in [0.15, 0.2) is 0 Å². The highest BCUT2D eigenvalue weighted by molar-refractivity contribution is 5.51. The molecule has 0 atom stereocenters. The zero-order valence-electron chi connectivity index (χ0n) is 12.1. The Morgan fingerprint density at radius 2 is 2.15 bits per heavy atom. The van der Waals surface area contributed by atoms with Gasteiger partial charge in [0.1, 0.15) is 11.6 Å². The van der Waals surface area contributed by atoms with E-state index in [1.165, 1.54) is 0 Å².